The predicted octanol–water partition coefficient (Wildman–Crippen LogP) is 2.15. The van der Waals surface area contributed by atoms with Gasteiger partial charge in [-0.05, 0) is 29.8 Å². The van der Waals surface area contributed by atoms with Crippen molar-refractivity contribution in [3.8, 4) is 11.8 Å². The van der Waals surface area contributed by atoms with Crippen molar-refractivity contribution in [2.45, 2.75) is 5.92 Å². The van der Waals surface area contributed by atoms with Crippen molar-refractivity contribution < 1.29 is 4.74 Å². The van der Waals surface area contributed by atoms with Crippen LogP contribution in [-0.4, -0.2) is 9.55 Å². The summed E-state index contributed by atoms with van der Waals surface area (Å²) in [5.41, 5.74) is 7.97. The number of fused-ring (bicyclic) bond motifs is 3. The van der Waals surface area contributed by atoms with Crippen LogP contribution in [0.1, 0.15) is 17.0 Å². The molecule has 25 heavy (non-hydrogen) atoms. The molecule has 0 fully saturated rings. The van der Waals surface area contributed by atoms with E-state index >= 15 is 0 Å². The Morgan fingerprint density at radius 1 is 1.24 bits per heavy atom. The van der Waals surface area contributed by atoms with Gasteiger partial charge in [0.25, 0.3) is 5.56 Å². The quantitative estimate of drug-likeness (QED) is 0.738. The number of nitrogens with two attached hydrogens (primary N) is 1. The molecule has 1 aliphatic rings. The predicted molar refractivity (Wildman–Crippen MR) is 92.7 cm³/mol. The second kappa shape index (κ2) is 5.49. The first-order valence-corrected chi connectivity index (χ1v) is 7.72. The maximum atomic E-state index is 13.1. The monoisotopic (exact) mass is 330 g/mol. The number of para-hydroxylation sites is 1. The van der Waals surface area contributed by atoms with Crippen LogP contribution in [-0.2, 0) is 7.05 Å². The normalized spacial score (nSPS) is 16.2. The molecule has 6 heteroatoms. The second-order valence-electron chi connectivity index (χ2n) is 5.83. The number of rotatable bonds is 1. The molecule has 0 saturated heterocycles. The fourth-order valence-corrected chi connectivity index (χ4v) is 3.32. The third kappa shape index (κ3) is 2.10. The van der Waals surface area contributed by atoms with Crippen LogP contribution in [0.4, 0.5) is 0 Å². The summed E-state index contributed by atoms with van der Waals surface area (Å²) in [7, 11) is 1.71. The summed E-state index contributed by atoms with van der Waals surface area (Å²) >= 11 is 0. The molecule has 3 aromatic rings. The van der Waals surface area contributed by atoms with E-state index < -0.39 is 5.92 Å². The molecule has 0 radical (unpaired) electrons. The lowest BCUT2D eigenvalue weighted by Gasteiger charge is -2.27. The summed E-state index contributed by atoms with van der Waals surface area (Å²) in [4.78, 5) is 17.1. The van der Waals surface area contributed by atoms with Gasteiger partial charge in [-0.15, -0.1) is 0 Å². The zero-order valence-electron chi connectivity index (χ0n) is 13.4. The third-order valence-corrected chi connectivity index (χ3v) is 4.50. The smallest absolute Gasteiger partial charge is 0.258 e. The first-order valence-electron chi connectivity index (χ1n) is 7.72. The summed E-state index contributed by atoms with van der Waals surface area (Å²) < 4.78 is 7.31. The summed E-state index contributed by atoms with van der Waals surface area (Å²) in [5, 5.41) is 10.4. The van der Waals surface area contributed by atoms with Gasteiger partial charge in [-0.3, -0.25) is 9.78 Å². The molecule has 4 rings (SSSR count). The maximum Gasteiger partial charge on any atom is 0.258 e. The number of ether oxygens (including phenoxy) is 1. The molecule has 3 heterocycles. The van der Waals surface area contributed by atoms with Crippen LogP contribution in [0.5, 0.6) is 5.75 Å². The largest absolute Gasteiger partial charge is 0.439 e. The van der Waals surface area contributed by atoms with Crippen molar-refractivity contribution in [1.29, 1.82) is 5.26 Å². The molecule has 2 aromatic heterocycles. The van der Waals surface area contributed by atoms with Gasteiger partial charge in [0.15, 0.2) is 0 Å². The number of allylic oxidation sites excluding steroid dienone is 1. The van der Waals surface area contributed by atoms with E-state index in [2.05, 4.69) is 11.1 Å². The first-order chi connectivity index (χ1) is 12.1. The fourth-order valence-electron chi connectivity index (χ4n) is 3.32. The molecule has 0 spiro atoms. The van der Waals surface area contributed by atoms with Gasteiger partial charge in [0.2, 0.25) is 5.88 Å². The molecule has 0 saturated carbocycles. The van der Waals surface area contributed by atoms with Gasteiger partial charge in [0, 0.05) is 24.8 Å². The minimum Gasteiger partial charge on any atom is -0.439 e. The highest BCUT2D eigenvalue weighted by Gasteiger charge is 2.35. The van der Waals surface area contributed by atoms with Gasteiger partial charge in [-0.2, -0.15) is 5.26 Å². The van der Waals surface area contributed by atoms with Gasteiger partial charge in [-0.1, -0.05) is 12.1 Å². The van der Waals surface area contributed by atoms with E-state index in [4.69, 9.17) is 10.5 Å². The van der Waals surface area contributed by atoms with Crippen molar-refractivity contribution in [1.82, 2.24) is 9.55 Å². The van der Waals surface area contributed by atoms with Crippen LogP contribution in [0.2, 0.25) is 0 Å². The first kappa shape index (κ1) is 15.0. The van der Waals surface area contributed by atoms with E-state index in [0.29, 0.717) is 11.3 Å². The molecule has 122 valence electrons. The van der Waals surface area contributed by atoms with Crippen molar-refractivity contribution in [3.05, 3.63) is 81.7 Å². The molecular weight excluding hydrogens is 316 g/mol. The number of nitrogens with zero attached hydrogens (tertiary/aromatic N) is 3. The molecule has 0 amide bonds. The Morgan fingerprint density at radius 3 is 2.68 bits per heavy atom. The molecule has 2 N–H and O–H groups in total. The molecule has 6 nitrogen and oxygen atoms in total. The zero-order chi connectivity index (χ0) is 17.6. The Morgan fingerprint density at radius 2 is 1.96 bits per heavy atom. The summed E-state index contributed by atoms with van der Waals surface area (Å²) in [6, 6.07) is 13.1. The van der Waals surface area contributed by atoms with E-state index in [1.165, 1.54) is 0 Å². The van der Waals surface area contributed by atoms with Crippen molar-refractivity contribution in [3.63, 3.8) is 0 Å². The Balaban J connectivity index is 2.15. The lowest BCUT2D eigenvalue weighted by Crippen LogP contribution is -2.31. The van der Waals surface area contributed by atoms with Gasteiger partial charge in [0.1, 0.15) is 17.4 Å². The Labute approximate surface area is 143 Å². The Bertz CT molecular complexity index is 1120. The molecular formula is C19H14N4O2. The summed E-state index contributed by atoms with van der Waals surface area (Å²) in [6.07, 6.45) is 3.25. The van der Waals surface area contributed by atoms with E-state index in [1.54, 1.807) is 36.1 Å². The average molecular weight is 330 g/mol. The minimum atomic E-state index is -0.583. The molecule has 1 aromatic carbocycles. The van der Waals surface area contributed by atoms with Crippen LogP contribution in [0.15, 0.2) is 65.0 Å². The van der Waals surface area contributed by atoms with Crippen LogP contribution < -0.4 is 16.0 Å². The van der Waals surface area contributed by atoms with Gasteiger partial charge in [-0.25, -0.2) is 0 Å². The third-order valence-electron chi connectivity index (χ3n) is 4.50. The summed E-state index contributed by atoms with van der Waals surface area (Å²) in [5.74, 6) is -0.146. The zero-order valence-corrected chi connectivity index (χ0v) is 13.4. The number of aromatic nitrogens is 2. The van der Waals surface area contributed by atoms with E-state index in [0.717, 1.165) is 16.5 Å². The van der Waals surface area contributed by atoms with Crippen molar-refractivity contribution in [2.24, 2.45) is 12.8 Å². The van der Waals surface area contributed by atoms with Gasteiger partial charge < -0.3 is 15.0 Å². The lowest BCUT2D eigenvalue weighted by molar-refractivity contribution is 0.396. The highest BCUT2D eigenvalue weighted by molar-refractivity contribution is 5.88. The number of pyridine rings is 2. The maximum absolute atomic E-state index is 13.1. The Kier molecular flexibility index (Phi) is 3.29. The summed E-state index contributed by atoms with van der Waals surface area (Å²) in [6.45, 7) is 0. The van der Waals surface area contributed by atoms with E-state index in [-0.39, 0.29) is 17.0 Å². The number of aryl methyl sites for hydroxylation is 1. The van der Waals surface area contributed by atoms with E-state index in [1.807, 2.05) is 24.3 Å². The number of nitriles is 1. The van der Waals surface area contributed by atoms with E-state index in [9.17, 15) is 10.1 Å². The standard InChI is InChI=1S/C19H14N4O2/c1-23-14-5-3-2-4-12(14)17-16(19(23)24)15(11-6-8-22-9-7-11)13(10-20)18(21)25-17/h2-9,15H,21H2,1H3/t15-/m0/s1. The fraction of sp³-hybridized carbons (Fsp3) is 0.105. The SMILES string of the molecule is Cn1c(=O)c2c(c3ccccc31)OC(N)=C(C#N)[C@@H]2c1ccncc1. The number of benzene rings is 1. The van der Waals surface area contributed by atoms with Crippen molar-refractivity contribution >= 4 is 10.9 Å². The highest BCUT2D eigenvalue weighted by atomic mass is 16.5. The molecule has 0 unspecified atom stereocenters. The van der Waals surface area contributed by atoms with Gasteiger partial charge >= 0.3 is 0 Å². The van der Waals surface area contributed by atoms with Crippen LogP contribution in [0.25, 0.3) is 10.9 Å². The number of hydrogen-bond acceptors (Lipinski definition) is 5. The van der Waals surface area contributed by atoms with Crippen LogP contribution >= 0.6 is 0 Å². The number of hydrogen-bond donors (Lipinski definition) is 1. The Hall–Kier alpha value is -3.59. The van der Waals surface area contributed by atoms with Crippen molar-refractivity contribution in [2.75, 3.05) is 0 Å². The lowest BCUT2D eigenvalue weighted by atomic mass is 9.84. The average Bonchev–Trinajstić information content (AvgIpc) is 2.66. The minimum absolute atomic E-state index is 0.0234. The molecule has 0 aliphatic carbocycles. The highest BCUT2D eigenvalue weighted by Crippen LogP contribution is 2.42. The molecule has 1 aliphatic heterocycles. The second-order valence-corrected chi connectivity index (χ2v) is 5.83. The van der Waals surface area contributed by atoms with Crippen LogP contribution in [0.3, 0.4) is 0 Å². The van der Waals surface area contributed by atoms with Gasteiger partial charge in [0.05, 0.1) is 17.0 Å². The topological polar surface area (TPSA) is 93.9 Å². The molecule has 0 bridgehead atoms. The van der Waals surface area contributed by atoms with Crippen LogP contribution in [0, 0.1) is 11.3 Å². The molecule has 1 atom stereocenters.